The molecule has 2 aliphatic rings. The number of rotatable bonds is 6. The van der Waals surface area contributed by atoms with E-state index in [4.69, 9.17) is 5.10 Å². The molecule has 1 aromatic carbocycles. The highest BCUT2D eigenvalue weighted by Crippen LogP contribution is 2.31. The highest BCUT2D eigenvalue weighted by molar-refractivity contribution is 5.92. The molecular formula is C27H38N8O. The van der Waals surface area contributed by atoms with Crippen LogP contribution in [-0.2, 0) is 4.79 Å². The normalized spacial score (nSPS) is 19.7. The Morgan fingerprint density at radius 1 is 1.03 bits per heavy atom. The first-order chi connectivity index (χ1) is 17.4. The lowest BCUT2D eigenvalue weighted by Gasteiger charge is -2.34. The van der Waals surface area contributed by atoms with Crippen LogP contribution >= 0.6 is 0 Å². The summed E-state index contributed by atoms with van der Waals surface area (Å²) >= 11 is 0. The predicted molar refractivity (Wildman–Crippen MR) is 143 cm³/mol. The second-order valence-corrected chi connectivity index (χ2v) is 10.4. The minimum atomic E-state index is -0.0512. The number of anilines is 1. The van der Waals surface area contributed by atoms with Gasteiger partial charge in [0.2, 0.25) is 5.91 Å². The van der Waals surface area contributed by atoms with Gasteiger partial charge in [0.15, 0.2) is 5.82 Å². The molecule has 2 fully saturated rings. The molecule has 0 bridgehead atoms. The van der Waals surface area contributed by atoms with E-state index in [1.165, 1.54) is 5.56 Å². The number of carbonyl (C=O) groups is 1. The number of fused-ring (bicyclic) bond motifs is 1. The fraction of sp³-hybridized carbons (Fsp3) is 0.556. The lowest BCUT2D eigenvalue weighted by molar-refractivity contribution is -0.125. The van der Waals surface area contributed by atoms with Gasteiger partial charge in [-0.3, -0.25) is 9.69 Å². The van der Waals surface area contributed by atoms with Gasteiger partial charge in [0, 0.05) is 52.4 Å². The van der Waals surface area contributed by atoms with Crippen molar-refractivity contribution in [1.29, 1.82) is 0 Å². The molecule has 1 N–H and O–H groups in total. The summed E-state index contributed by atoms with van der Waals surface area (Å²) in [6.45, 7) is 13.6. The Kier molecular flexibility index (Phi) is 7.20. The third kappa shape index (κ3) is 5.08. The molecule has 1 amide bonds. The minimum Gasteiger partial charge on any atom is -0.355 e. The zero-order chi connectivity index (χ0) is 25.2. The van der Waals surface area contributed by atoms with Crippen molar-refractivity contribution >= 4 is 22.6 Å². The highest BCUT2D eigenvalue weighted by atomic mass is 16.1. The van der Waals surface area contributed by atoms with Crippen molar-refractivity contribution in [3.63, 3.8) is 0 Å². The molecule has 0 unspecified atom stereocenters. The SMILES string of the molecule is Cc1ccc(-n2nc3c(N4CCC[C@@H](C(=O)NCCN5CCN(C)CC5)C4)nnc(C)c3c2C)cc1. The van der Waals surface area contributed by atoms with Crippen LogP contribution in [0, 0.1) is 26.7 Å². The van der Waals surface area contributed by atoms with E-state index in [-0.39, 0.29) is 11.8 Å². The molecule has 0 spiro atoms. The number of nitrogens with zero attached hydrogens (tertiary/aromatic N) is 7. The summed E-state index contributed by atoms with van der Waals surface area (Å²) in [6.07, 6.45) is 1.85. The van der Waals surface area contributed by atoms with E-state index in [2.05, 4.69) is 75.4 Å². The van der Waals surface area contributed by atoms with Gasteiger partial charge >= 0.3 is 0 Å². The molecule has 2 aliphatic heterocycles. The average molecular weight is 491 g/mol. The van der Waals surface area contributed by atoms with Crippen molar-refractivity contribution in [2.24, 2.45) is 5.92 Å². The van der Waals surface area contributed by atoms with E-state index in [1.807, 2.05) is 11.6 Å². The number of carbonyl (C=O) groups excluding carboxylic acids is 1. The van der Waals surface area contributed by atoms with Crippen molar-refractivity contribution in [1.82, 2.24) is 35.1 Å². The molecule has 2 saturated heterocycles. The maximum Gasteiger partial charge on any atom is 0.224 e. The monoisotopic (exact) mass is 490 g/mol. The molecule has 9 nitrogen and oxygen atoms in total. The van der Waals surface area contributed by atoms with E-state index in [9.17, 15) is 4.79 Å². The molecule has 0 saturated carbocycles. The Hall–Kier alpha value is -3.04. The summed E-state index contributed by atoms with van der Waals surface area (Å²) in [7, 11) is 2.16. The molecule has 1 atom stereocenters. The smallest absolute Gasteiger partial charge is 0.224 e. The van der Waals surface area contributed by atoms with E-state index in [0.717, 1.165) is 85.9 Å². The lowest BCUT2D eigenvalue weighted by Crippen LogP contribution is -2.48. The highest BCUT2D eigenvalue weighted by Gasteiger charge is 2.29. The Morgan fingerprint density at radius 2 is 1.78 bits per heavy atom. The van der Waals surface area contributed by atoms with Crippen molar-refractivity contribution in [2.45, 2.75) is 33.6 Å². The zero-order valence-corrected chi connectivity index (χ0v) is 22.0. The topological polar surface area (TPSA) is 82.4 Å². The minimum absolute atomic E-state index is 0.0512. The van der Waals surface area contributed by atoms with Gasteiger partial charge in [-0.05, 0) is 52.8 Å². The van der Waals surface area contributed by atoms with Crippen molar-refractivity contribution in [2.75, 3.05) is 64.3 Å². The standard InChI is InChI=1S/C27H38N8O/c1-19-7-9-23(10-8-19)35-21(3)24-20(2)29-30-26(25(24)31-35)34-12-5-6-22(18-34)27(36)28-11-13-33-16-14-32(4)15-17-33/h7-10,22H,5-6,11-18H2,1-4H3,(H,28,36)/t22-/m1/s1. The van der Waals surface area contributed by atoms with E-state index >= 15 is 0 Å². The molecule has 2 aromatic heterocycles. The van der Waals surface area contributed by atoms with Gasteiger partial charge in [0.25, 0.3) is 0 Å². The van der Waals surface area contributed by atoms with E-state index in [0.29, 0.717) is 13.1 Å². The second-order valence-electron chi connectivity index (χ2n) is 10.4. The van der Waals surface area contributed by atoms with E-state index < -0.39 is 0 Å². The number of aromatic nitrogens is 4. The summed E-state index contributed by atoms with van der Waals surface area (Å²) < 4.78 is 1.98. The molecular weight excluding hydrogens is 452 g/mol. The number of likely N-dealkylation sites (N-methyl/N-ethyl adjacent to an activating group) is 1. The molecule has 5 rings (SSSR count). The fourth-order valence-electron chi connectivity index (χ4n) is 5.40. The number of benzene rings is 1. The van der Waals surface area contributed by atoms with Crippen LogP contribution in [0.1, 0.15) is 29.8 Å². The second kappa shape index (κ2) is 10.5. The van der Waals surface area contributed by atoms with Crippen LogP contribution in [0.3, 0.4) is 0 Å². The van der Waals surface area contributed by atoms with Crippen LogP contribution in [-0.4, -0.2) is 95.1 Å². The maximum absolute atomic E-state index is 13.0. The Bertz CT molecular complexity index is 1210. The van der Waals surface area contributed by atoms with Crippen LogP contribution < -0.4 is 10.2 Å². The average Bonchev–Trinajstić information content (AvgIpc) is 3.24. The Labute approximate surface area is 213 Å². The van der Waals surface area contributed by atoms with Crippen molar-refractivity contribution < 1.29 is 4.79 Å². The number of nitrogens with one attached hydrogen (secondary N) is 1. The van der Waals surface area contributed by atoms with Crippen LogP contribution in [0.4, 0.5) is 5.82 Å². The van der Waals surface area contributed by atoms with Crippen LogP contribution in [0.15, 0.2) is 24.3 Å². The van der Waals surface area contributed by atoms with Gasteiger partial charge in [-0.2, -0.15) is 10.2 Å². The maximum atomic E-state index is 13.0. The largest absolute Gasteiger partial charge is 0.355 e. The van der Waals surface area contributed by atoms with Gasteiger partial charge in [0.05, 0.1) is 28.4 Å². The molecule has 4 heterocycles. The third-order valence-corrected chi connectivity index (χ3v) is 7.68. The van der Waals surface area contributed by atoms with Crippen LogP contribution in [0.25, 0.3) is 16.6 Å². The van der Waals surface area contributed by atoms with Gasteiger partial charge < -0.3 is 15.1 Å². The van der Waals surface area contributed by atoms with Gasteiger partial charge in [0.1, 0.15) is 5.52 Å². The quantitative estimate of drug-likeness (QED) is 0.568. The van der Waals surface area contributed by atoms with Crippen molar-refractivity contribution in [3.05, 3.63) is 41.2 Å². The van der Waals surface area contributed by atoms with Crippen molar-refractivity contribution in [3.8, 4) is 5.69 Å². The number of piperazine rings is 1. The fourth-order valence-corrected chi connectivity index (χ4v) is 5.40. The molecule has 9 heteroatoms. The lowest BCUT2D eigenvalue weighted by atomic mass is 9.97. The Morgan fingerprint density at radius 3 is 2.53 bits per heavy atom. The number of aryl methyl sites for hydroxylation is 3. The molecule has 36 heavy (non-hydrogen) atoms. The van der Waals surface area contributed by atoms with Gasteiger partial charge in [-0.25, -0.2) is 4.68 Å². The summed E-state index contributed by atoms with van der Waals surface area (Å²) in [5.74, 6) is 0.871. The predicted octanol–water partition coefficient (Wildman–Crippen LogP) is 2.32. The summed E-state index contributed by atoms with van der Waals surface area (Å²) in [5, 5.41) is 18.3. The molecule has 0 radical (unpaired) electrons. The van der Waals surface area contributed by atoms with Gasteiger partial charge in [-0.1, -0.05) is 17.7 Å². The molecule has 3 aromatic rings. The van der Waals surface area contributed by atoms with Crippen LogP contribution in [0.5, 0.6) is 0 Å². The third-order valence-electron chi connectivity index (χ3n) is 7.68. The van der Waals surface area contributed by atoms with Gasteiger partial charge in [-0.15, -0.1) is 5.10 Å². The van der Waals surface area contributed by atoms with Crippen LogP contribution in [0.2, 0.25) is 0 Å². The molecule has 192 valence electrons. The summed E-state index contributed by atoms with van der Waals surface area (Å²) in [6, 6.07) is 8.38. The molecule has 0 aliphatic carbocycles. The summed E-state index contributed by atoms with van der Waals surface area (Å²) in [5.41, 5.74) is 5.03. The Balaban J connectivity index is 1.30. The first kappa shape index (κ1) is 24.6. The summed E-state index contributed by atoms with van der Waals surface area (Å²) in [4.78, 5) is 20.0. The number of amides is 1. The number of hydrogen-bond acceptors (Lipinski definition) is 7. The first-order valence-corrected chi connectivity index (χ1v) is 13.1. The number of hydrogen-bond donors (Lipinski definition) is 1. The van der Waals surface area contributed by atoms with E-state index in [1.54, 1.807) is 0 Å². The zero-order valence-electron chi connectivity index (χ0n) is 22.0. The first-order valence-electron chi connectivity index (χ1n) is 13.1. The number of piperidine rings is 1.